The van der Waals surface area contributed by atoms with Crippen LogP contribution in [0, 0.1) is 0 Å². The maximum Gasteiger partial charge on any atom is 0.251 e. The number of carbonyl (C=O) groups is 1. The van der Waals surface area contributed by atoms with Gasteiger partial charge in [0.2, 0.25) is 0 Å². The Morgan fingerprint density at radius 1 is 1.35 bits per heavy atom. The van der Waals surface area contributed by atoms with E-state index in [1.807, 2.05) is 0 Å². The molecule has 0 aromatic heterocycles. The van der Waals surface area contributed by atoms with E-state index < -0.39 is 0 Å². The van der Waals surface area contributed by atoms with Crippen molar-refractivity contribution in [3.63, 3.8) is 0 Å². The fraction of sp³-hybridized carbons (Fsp3) is 0.417. The van der Waals surface area contributed by atoms with Gasteiger partial charge in [0.05, 0.1) is 0 Å². The van der Waals surface area contributed by atoms with Crippen LogP contribution in [0.25, 0.3) is 0 Å². The fourth-order valence-electron chi connectivity index (χ4n) is 1.85. The molecular weight excluding hydrogens is 259 g/mol. The molecular formula is C12H16Cl2N2O. The van der Waals surface area contributed by atoms with Crippen molar-refractivity contribution in [2.24, 2.45) is 0 Å². The molecule has 1 aromatic carbocycles. The highest BCUT2D eigenvalue weighted by atomic mass is 35.5. The van der Waals surface area contributed by atoms with Crippen molar-refractivity contribution >= 4 is 29.9 Å². The Labute approximate surface area is 112 Å². The molecule has 0 aliphatic carbocycles. The first-order chi connectivity index (χ1) is 7.75. The molecule has 5 heteroatoms. The van der Waals surface area contributed by atoms with Crippen LogP contribution < -0.4 is 10.6 Å². The third-order valence-corrected chi connectivity index (χ3v) is 2.99. The monoisotopic (exact) mass is 274 g/mol. The largest absolute Gasteiger partial charge is 0.348 e. The summed E-state index contributed by atoms with van der Waals surface area (Å²) >= 11 is 5.77. The summed E-state index contributed by atoms with van der Waals surface area (Å²) in [4.78, 5) is 11.8. The van der Waals surface area contributed by atoms with Crippen molar-refractivity contribution < 1.29 is 4.79 Å². The second kappa shape index (κ2) is 6.84. The molecule has 1 aromatic rings. The van der Waals surface area contributed by atoms with Gasteiger partial charge in [-0.1, -0.05) is 11.6 Å². The number of carbonyl (C=O) groups excluding carboxylic acids is 1. The van der Waals surface area contributed by atoms with Crippen molar-refractivity contribution in [3.8, 4) is 0 Å². The average molecular weight is 275 g/mol. The number of amides is 1. The molecule has 1 heterocycles. The van der Waals surface area contributed by atoms with E-state index in [2.05, 4.69) is 10.6 Å². The minimum atomic E-state index is -0.0228. The zero-order valence-corrected chi connectivity index (χ0v) is 11.0. The lowest BCUT2D eigenvalue weighted by molar-refractivity contribution is 0.0930. The smallest absolute Gasteiger partial charge is 0.251 e. The van der Waals surface area contributed by atoms with Crippen LogP contribution in [0.15, 0.2) is 24.3 Å². The van der Waals surface area contributed by atoms with Gasteiger partial charge in [0.25, 0.3) is 5.91 Å². The molecule has 1 amide bonds. The molecule has 1 fully saturated rings. The van der Waals surface area contributed by atoms with E-state index >= 15 is 0 Å². The van der Waals surface area contributed by atoms with Crippen LogP contribution in [-0.2, 0) is 0 Å². The van der Waals surface area contributed by atoms with Gasteiger partial charge in [-0.15, -0.1) is 12.4 Å². The van der Waals surface area contributed by atoms with Crippen LogP contribution in [0.3, 0.4) is 0 Å². The zero-order chi connectivity index (χ0) is 11.4. The summed E-state index contributed by atoms with van der Waals surface area (Å²) in [5.41, 5.74) is 0.662. The Morgan fingerprint density at radius 2 is 2.06 bits per heavy atom. The zero-order valence-electron chi connectivity index (χ0n) is 9.41. The van der Waals surface area contributed by atoms with Crippen molar-refractivity contribution in [2.75, 3.05) is 13.1 Å². The minimum absolute atomic E-state index is 0. The summed E-state index contributed by atoms with van der Waals surface area (Å²) in [5.74, 6) is -0.0228. The van der Waals surface area contributed by atoms with Crippen molar-refractivity contribution in [2.45, 2.75) is 18.9 Å². The fourth-order valence-corrected chi connectivity index (χ4v) is 1.97. The Hall–Kier alpha value is -0.770. The molecule has 0 saturated carbocycles. The Balaban J connectivity index is 0.00000144. The van der Waals surface area contributed by atoms with Gasteiger partial charge in [0.15, 0.2) is 0 Å². The van der Waals surface area contributed by atoms with E-state index in [9.17, 15) is 4.79 Å². The standard InChI is InChI=1S/C12H15ClN2O.ClH/c13-10-5-3-9(4-6-10)12(16)15-11-2-1-7-14-8-11;/h3-6,11,14H,1-2,7-8H2,(H,15,16);1H/t11-;/m1./s1. The van der Waals surface area contributed by atoms with Gasteiger partial charge in [-0.25, -0.2) is 0 Å². The lowest BCUT2D eigenvalue weighted by atomic mass is 10.1. The number of halogens is 2. The summed E-state index contributed by atoms with van der Waals surface area (Å²) in [6, 6.07) is 7.20. The molecule has 3 nitrogen and oxygen atoms in total. The topological polar surface area (TPSA) is 41.1 Å². The van der Waals surface area contributed by atoms with Gasteiger partial charge >= 0.3 is 0 Å². The third kappa shape index (κ3) is 4.19. The molecule has 1 aliphatic heterocycles. The first-order valence-corrected chi connectivity index (χ1v) is 5.90. The highest BCUT2D eigenvalue weighted by Crippen LogP contribution is 2.10. The molecule has 1 atom stereocenters. The van der Waals surface area contributed by atoms with Gasteiger partial charge in [-0.05, 0) is 43.7 Å². The number of hydrogen-bond donors (Lipinski definition) is 2. The normalized spacial score (nSPS) is 19.2. The summed E-state index contributed by atoms with van der Waals surface area (Å²) in [7, 11) is 0. The van der Waals surface area contributed by atoms with Crippen LogP contribution in [0.1, 0.15) is 23.2 Å². The van der Waals surface area contributed by atoms with Crippen LogP contribution in [0.2, 0.25) is 5.02 Å². The van der Waals surface area contributed by atoms with Crippen molar-refractivity contribution in [3.05, 3.63) is 34.9 Å². The van der Waals surface area contributed by atoms with Gasteiger partial charge in [-0.3, -0.25) is 4.79 Å². The molecule has 0 radical (unpaired) electrons. The molecule has 0 unspecified atom stereocenters. The second-order valence-electron chi connectivity index (χ2n) is 4.02. The molecule has 1 aliphatic rings. The molecule has 1 saturated heterocycles. The van der Waals surface area contributed by atoms with Gasteiger partial charge in [-0.2, -0.15) is 0 Å². The first-order valence-electron chi connectivity index (χ1n) is 5.53. The van der Waals surface area contributed by atoms with Crippen LogP contribution in [-0.4, -0.2) is 25.0 Å². The quantitative estimate of drug-likeness (QED) is 0.869. The lowest BCUT2D eigenvalue weighted by Crippen LogP contribution is -2.45. The van der Waals surface area contributed by atoms with Gasteiger partial charge < -0.3 is 10.6 Å². The van der Waals surface area contributed by atoms with Crippen LogP contribution in [0.5, 0.6) is 0 Å². The highest BCUT2D eigenvalue weighted by Gasteiger charge is 2.15. The summed E-state index contributed by atoms with van der Waals surface area (Å²) in [5, 5.41) is 6.92. The van der Waals surface area contributed by atoms with E-state index in [4.69, 9.17) is 11.6 Å². The number of rotatable bonds is 2. The Bertz CT molecular complexity index is 361. The summed E-state index contributed by atoms with van der Waals surface area (Å²) in [6.07, 6.45) is 2.16. The van der Waals surface area contributed by atoms with Crippen molar-refractivity contribution in [1.29, 1.82) is 0 Å². The predicted molar refractivity (Wildman–Crippen MR) is 72.1 cm³/mol. The minimum Gasteiger partial charge on any atom is -0.348 e. The SMILES string of the molecule is Cl.O=C(N[C@@H]1CCCNC1)c1ccc(Cl)cc1. The Morgan fingerprint density at radius 3 is 2.65 bits per heavy atom. The van der Waals surface area contributed by atoms with E-state index in [0.29, 0.717) is 10.6 Å². The molecule has 94 valence electrons. The molecule has 0 bridgehead atoms. The van der Waals surface area contributed by atoms with E-state index in [1.165, 1.54) is 0 Å². The molecule has 0 spiro atoms. The van der Waals surface area contributed by atoms with Crippen molar-refractivity contribution in [1.82, 2.24) is 10.6 Å². The van der Waals surface area contributed by atoms with Gasteiger partial charge in [0, 0.05) is 23.2 Å². The summed E-state index contributed by atoms with van der Waals surface area (Å²) in [6.45, 7) is 1.91. The lowest BCUT2D eigenvalue weighted by Gasteiger charge is -2.23. The maximum absolute atomic E-state index is 11.8. The number of nitrogens with one attached hydrogen (secondary N) is 2. The van der Waals surface area contributed by atoms with Gasteiger partial charge in [0.1, 0.15) is 0 Å². The molecule has 2 N–H and O–H groups in total. The molecule has 2 rings (SSSR count). The number of hydrogen-bond acceptors (Lipinski definition) is 2. The second-order valence-corrected chi connectivity index (χ2v) is 4.46. The third-order valence-electron chi connectivity index (χ3n) is 2.74. The highest BCUT2D eigenvalue weighted by molar-refractivity contribution is 6.30. The molecule has 17 heavy (non-hydrogen) atoms. The van der Waals surface area contributed by atoms with E-state index in [-0.39, 0.29) is 24.4 Å². The van der Waals surface area contributed by atoms with E-state index in [0.717, 1.165) is 25.9 Å². The predicted octanol–water partition coefficient (Wildman–Crippen LogP) is 2.24. The maximum atomic E-state index is 11.8. The first kappa shape index (κ1) is 14.3. The Kier molecular flexibility index (Phi) is 5.75. The average Bonchev–Trinajstić information content (AvgIpc) is 2.31. The number of benzene rings is 1. The van der Waals surface area contributed by atoms with Crippen LogP contribution in [0.4, 0.5) is 0 Å². The van der Waals surface area contributed by atoms with E-state index in [1.54, 1.807) is 24.3 Å². The summed E-state index contributed by atoms with van der Waals surface area (Å²) < 4.78 is 0. The number of piperidine rings is 1. The van der Waals surface area contributed by atoms with Crippen LogP contribution >= 0.6 is 24.0 Å².